The molecule has 3 aromatic rings. The van der Waals surface area contributed by atoms with Crippen molar-refractivity contribution in [3.63, 3.8) is 0 Å². The average molecular weight is 425 g/mol. The van der Waals surface area contributed by atoms with E-state index in [1.54, 1.807) is 24.3 Å². The SMILES string of the molecule is Cc1cc(CCC#N)cc(C)c1Oc1nc(Nc2ccc(C#N)cc2)c(=O)n(CC#N)n1. The van der Waals surface area contributed by atoms with E-state index < -0.39 is 5.56 Å². The van der Waals surface area contributed by atoms with Crippen molar-refractivity contribution in [2.45, 2.75) is 33.2 Å². The summed E-state index contributed by atoms with van der Waals surface area (Å²) in [6.45, 7) is 3.48. The lowest BCUT2D eigenvalue weighted by atomic mass is 10.0. The van der Waals surface area contributed by atoms with Gasteiger partial charge in [-0.15, -0.1) is 5.10 Å². The molecule has 0 bridgehead atoms. The molecule has 0 spiro atoms. The fourth-order valence-corrected chi connectivity index (χ4v) is 3.14. The highest BCUT2D eigenvalue weighted by Crippen LogP contribution is 2.29. The number of aromatic nitrogens is 3. The first-order chi connectivity index (χ1) is 15.4. The van der Waals surface area contributed by atoms with E-state index in [0.29, 0.717) is 29.8 Å². The highest BCUT2D eigenvalue weighted by molar-refractivity contribution is 5.57. The van der Waals surface area contributed by atoms with Gasteiger partial charge in [-0.05, 0) is 61.2 Å². The second kappa shape index (κ2) is 9.88. The molecule has 158 valence electrons. The van der Waals surface area contributed by atoms with Crippen LogP contribution in [0.15, 0.2) is 41.2 Å². The maximum Gasteiger partial charge on any atom is 0.341 e. The normalized spacial score (nSPS) is 9.97. The summed E-state index contributed by atoms with van der Waals surface area (Å²) in [7, 11) is 0. The van der Waals surface area contributed by atoms with Crippen molar-refractivity contribution in [3.8, 4) is 30.0 Å². The van der Waals surface area contributed by atoms with Gasteiger partial charge >= 0.3 is 11.6 Å². The molecule has 9 nitrogen and oxygen atoms in total. The van der Waals surface area contributed by atoms with E-state index in [2.05, 4.69) is 21.5 Å². The summed E-state index contributed by atoms with van der Waals surface area (Å²) in [6, 6.07) is 16.3. The maximum absolute atomic E-state index is 12.7. The molecule has 1 N–H and O–H groups in total. The van der Waals surface area contributed by atoms with Gasteiger partial charge in [0.15, 0.2) is 0 Å². The predicted molar refractivity (Wildman–Crippen MR) is 116 cm³/mol. The summed E-state index contributed by atoms with van der Waals surface area (Å²) < 4.78 is 6.89. The summed E-state index contributed by atoms with van der Waals surface area (Å²) >= 11 is 0. The lowest BCUT2D eigenvalue weighted by Crippen LogP contribution is -2.26. The van der Waals surface area contributed by atoms with Crippen LogP contribution in [0.1, 0.15) is 28.7 Å². The Balaban J connectivity index is 1.96. The zero-order valence-corrected chi connectivity index (χ0v) is 17.6. The van der Waals surface area contributed by atoms with Crippen molar-refractivity contribution >= 4 is 11.5 Å². The molecule has 1 heterocycles. The number of nitriles is 3. The Bertz CT molecular complexity index is 1300. The molecule has 0 atom stereocenters. The largest absolute Gasteiger partial charge is 0.423 e. The van der Waals surface area contributed by atoms with Gasteiger partial charge in [0, 0.05) is 12.1 Å². The predicted octanol–water partition coefficient (Wildman–Crippen LogP) is 3.64. The molecule has 0 aliphatic carbocycles. The quantitative estimate of drug-likeness (QED) is 0.605. The number of hydrogen-bond acceptors (Lipinski definition) is 8. The number of ether oxygens (including phenoxy) is 1. The van der Waals surface area contributed by atoms with Crippen molar-refractivity contribution in [2.24, 2.45) is 0 Å². The topological polar surface area (TPSA) is 140 Å². The Labute approximate surface area is 184 Å². The van der Waals surface area contributed by atoms with Crippen LogP contribution in [0.3, 0.4) is 0 Å². The van der Waals surface area contributed by atoms with E-state index in [4.69, 9.17) is 20.5 Å². The average Bonchev–Trinajstić information content (AvgIpc) is 2.78. The number of benzene rings is 2. The molecule has 2 aromatic carbocycles. The highest BCUT2D eigenvalue weighted by Gasteiger charge is 2.15. The van der Waals surface area contributed by atoms with Gasteiger partial charge in [0.1, 0.15) is 12.3 Å². The van der Waals surface area contributed by atoms with Crippen LogP contribution < -0.4 is 15.6 Å². The maximum atomic E-state index is 12.7. The van der Waals surface area contributed by atoms with Crippen molar-refractivity contribution in [3.05, 3.63) is 69.0 Å². The number of nitrogens with zero attached hydrogens (tertiary/aromatic N) is 6. The molecular formula is C23H19N7O2. The summed E-state index contributed by atoms with van der Waals surface area (Å²) in [6.07, 6.45) is 1.06. The zero-order valence-electron chi connectivity index (χ0n) is 17.6. The molecule has 0 radical (unpaired) electrons. The Kier molecular flexibility index (Phi) is 6.80. The van der Waals surface area contributed by atoms with Crippen LogP contribution in [0.2, 0.25) is 0 Å². The zero-order chi connectivity index (χ0) is 23.1. The van der Waals surface area contributed by atoms with Gasteiger partial charge in [-0.2, -0.15) is 20.8 Å². The van der Waals surface area contributed by atoms with Crippen molar-refractivity contribution in [2.75, 3.05) is 5.32 Å². The molecule has 0 unspecified atom stereocenters. The number of aryl methyl sites for hydroxylation is 3. The Hall–Kier alpha value is -4.68. The van der Waals surface area contributed by atoms with Gasteiger partial charge in [-0.25, -0.2) is 4.68 Å². The number of rotatable bonds is 7. The van der Waals surface area contributed by atoms with Gasteiger partial charge in [0.2, 0.25) is 5.82 Å². The highest BCUT2D eigenvalue weighted by atomic mass is 16.5. The van der Waals surface area contributed by atoms with Crippen LogP contribution >= 0.6 is 0 Å². The van der Waals surface area contributed by atoms with Crippen molar-refractivity contribution < 1.29 is 4.74 Å². The van der Waals surface area contributed by atoms with E-state index in [9.17, 15) is 4.79 Å². The Morgan fingerprint density at radius 2 is 1.75 bits per heavy atom. The van der Waals surface area contributed by atoms with Gasteiger partial charge in [0.05, 0.1) is 23.8 Å². The number of anilines is 2. The second-order valence-corrected chi connectivity index (χ2v) is 7.00. The summed E-state index contributed by atoms with van der Waals surface area (Å²) in [4.78, 5) is 16.9. The van der Waals surface area contributed by atoms with Gasteiger partial charge in [-0.1, -0.05) is 12.1 Å². The van der Waals surface area contributed by atoms with Gasteiger partial charge in [-0.3, -0.25) is 4.79 Å². The third kappa shape index (κ3) is 5.08. The molecular weight excluding hydrogens is 406 g/mol. The van der Waals surface area contributed by atoms with E-state index >= 15 is 0 Å². The summed E-state index contributed by atoms with van der Waals surface area (Å²) in [5.74, 6) is 0.480. The Morgan fingerprint density at radius 1 is 1.06 bits per heavy atom. The molecule has 1 aromatic heterocycles. The van der Waals surface area contributed by atoms with Crippen LogP contribution in [0, 0.1) is 47.8 Å². The molecule has 0 saturated heterocycles. The molecule has 0 aliphatic rings. The van der Waals surface area contributed by atoms with E-state index in [1.165, 1.54) is 0 Å². The minimum absolute atomic E-state index is 0.0593. The standard InChI is InChI=1S/C23H19N7O2/c1-15-12-18(4-3-9-24)13-16(2)20(15)32-23-28-21(22(31)30(29-23)11-10-25)27-19-7-5-17(14-26)6-8-19/h5-8,12-13H,3-4,11H2,1-2H3,(H,27,28,29). The molecule has 0 amide bonds. The molecule has 9 heteroatoms. The fourth-order valence-electron chi connectivity index (χ4n) is 3.14. The lowest BCUT2D eigenvalue weighted by Gasteiger charge is -2.14. The fraction of sp³-hybridized carbons (Fsp3) is 0.217. The van der Waals surface area contributed by atoms with E-state index in [-0.39, 0.29) is 18.4 Å². The first kappa shape index (κ1) is 22.0. The van der Waals surface area contributed by atoms with E-state index in [1.807, 2.05) is 38.1 Å². The first-order valence-corrected chi connectivity index (χ1v) is 9.73. The number of hydrogen-bond donors (Lipinski definition) is 1. The molecule has 0 aliphatic heterocycles. The van der Waals surface area contributed by atoms with E-state index in [0.717, 1.165) is 21.4 Å². The Morgan fingerprint density at radius 3 is 2.34 bits per heavy atom. The third-order valence-electron chi connectivity index (χ3n) is 4.59. The smallest absolute Gasteiger partial charge is 0.341 e. The summed E-state index contributed by atoms with van der Waals surface area (Å²) in [5.41, 5.74) is 3.13. The summed E-state index contributed by atoms with van der Waals surface area (Å²) in [5, 5.41) is 33.8. The molecule has 0 fully saturated rings. The van der Waals surface area contributed by atoms with Crippen molar-refractivity contribution in [1.29, 1.82) is 15.8 Å². The third-order valence-corrected chi connectivity index (χ3v) is 4.59. The molecule has 0 saturated carbocycles. The van der Waals surface area contributed by atoms with Gasteiger partial charge in [0.25, 0.3) is 0 Å². The first-order valence-electron chi connectivity index (χ1n) is 9.73. The lowest BCUT2D eigenvalue weighted by molar-refractivity contribution is 0.410. The van der Waals surface area contributed by atoms with Crippen LogP contribution in [0.25, 0.3) is 0 Å². The minimum Gasteiger partial charge on any atom is -0.423 e. The van der Waals surface area contributed by atoms with Crippen LogP contribution in [0.5, 0.6) is 11.8 Å². The second-order valence-electron chi connectivity index (χ2n) is 7.00. The van der Waals surface area contributed by atoms with Crippen molar-refractivity contribution in [1.82, 2.24) is 14.8 Å². The van der Waals surface area contributed by atoms with Gasteiger partial charge < -0.3 is 10.1 Å². The number of nitrogens with one attached hydrogen (secondary N) is 1. The van der Waals surface area contributed by atoms with Crippen LogP contribution in [-0.2, 0) is 13.0 Å². The molecule has 32 heavy (non-hydrogen) atoms. The minimum atomic E-state index is -0.580. The van der Waals surface area contributed by atoms with Crippen LogP contribution in [0.4, 0.5) is 11.5 Å². The monoisotopic (exact) mass is 425 g/mol. The van der Waals surface area contributed by atoms with Crippen LogP contribution in [-0.4, -0.2) is 14.8 Å². The molecule has 3 rings (SSSR count).